The molecule has 1 aromatic heterocycles. The molecule has 0 bridgehead atoms. The molecule has 8 heteroatoms. The number of carbonyl (C=O) groups is 1. The Balaban J connectivity index is 2.30. The third kappa shape index (κ3) is 2.79. The number of hydrogen-bond donors (Lipinski definition) is 2. The van der Waals surface area contributed by atoms with E-state index in [2.05, 4.69) is 15.5 Å². The molecule has 0 unspecified atom stereocenters. The summed E-state index contributed by atoms with van der Waals surface area (Å²) in [5.74, 6) is -1.69. The van der Waals surface area contributed by atoms with Crippen molar-refractivity contribution in [3.05, 3.63) is 47.0 Å². The van der Waals surface area contributed by atoms with Gasteiger partial charge in [-0.3, -0.25) is 9.89 Å². The van der Waals surface area contributed by atoms with E-state index in [-0.39, 0.29) is 5.56 Å². The number of aromatic amines is 1. The molecule has 1 heterocycles. The molecule has 0 radical (unpaired) electrons. The molecule has 0 saturated heterocycles. The zero-order valence-electron chi connectivity index (χ0n) is 10.2. The maximum Gasteiger partial charge on any atom is 0.416 e. The van der Waals surface area contributed by atoms with E-state index in [4.69, 9.17) is 0 Å². The van der Waals surface area contributed by atoms with Gasteiger partial charge in [-0.2, -0.15) is 18.3 Å². The number of amides is 1. The number of alkyl halides is 3. The van der Waals surface area contributed by atoms with Crippen molar-refractivity contribution in [2.45, 2.75) is 13.1 Å². The van der Waals surface area contributed by atoms with Crippen molar-refractivity contribution < 1.29 is 22.4 Å². The lowest BCUT2D eigenvalue weighted by Gasteiger charge is -2.10. The van der Waals surface area contributed by atoms with Crippen LogP contribution >= 0.6 is 0 Å². The summed E-state index contributed by atoms with van der Waals surface area (Å²) in [4.78, 5) is 11.8. The monoisotopic (exact) mass is 287 g/mol. The van der Waals surface area contributed by atoms with Gasteiger partial charge in [-0.15, -0.1) is 0 Å². The average Bonchev–Trinajstić information content (AvgIpc) is 2.77. The van der Waals surface area contributed by atoms with E-state index in [0.29, 0.717) is 23.9 Å². The van der Waals surface area contributed by atoms with Crippen molar-refractivity contribution >= 4 is 11.6 Å². The highest BCUT2D eigenvalue weighted by Crippen LogP contribution is 2.31. The molecule has 0 spiro atoms. The minimum absolute atomic E-state index is 0.127. The first-order valence-corrected chi connectivity index (χ1v) is 5.47. The van der Waals surface area contributed by atoms with Crippen molar-refractivity contribution in [2.75, 3.05) is 5.32 Å². The predicted molar refractivity (Wildman–Crippen MR) is 62.7 cm³/mol. The number of anilines is 1. The number of H-pyrrole nitrogens is 1. The van der Waals surface area contributed by atoms with E-state index in [0.717, 1.165) is 0 Å². The highest BCUT2D eigenvalue weighted by molar-refractivity contribution is 6.04. The van der Waals surface area contributed by atoms with Crippen molar-refractivity contribution in [3.8, 4) is 0 Å². The van der Waals surface area contributed by atoms with Gasteiger partial charge in [0.2, 0.25) is 0 Å². The summed E-state index contributed by atoms with van der Waals surface area (Å²) in [6.07, 6.45) is -3.41. The molecule has 4 nitrogen and oxygen atoms in total. The Morgan fingerprint density at radius 2 is 2.05 bits per heavy atom. The van der Waals surface area contributed by atoms with Crippen LogP contribution in [0.4, 0.5) is 23.2 Å². The maximum absolute atomic E-state index is 13.5. The van der Waals surface area contributed by atoms with Gasteiger partial charge in [-0.1, -0.05) is 0 Å². The van der Waals surface area contributed by atoms with Crippen LogP contribution in [0, 0.1) is 12.7 Å². The van der Waals surface area contributed by atoms with E-state index in [1.54, 1.807) is 6.92 Å². The molecule has 1 amide bonds. The molecule has 106 valence electrons. The summed E-state index contributed by atoms with van der Waals surface area (Å²) in [5.41, 5.74) is -1.03. The third-order valence-electron chi connectivity index (χ3n) is 2.62. The number of aromatic nitrogens is 2. The Labute approximate surface area is 110 Å². The Kier molecular flexibility index (Phi) is 3.47. The predicted octanol–water partition coefficient (Wildman–Crippen LogP) is 3.13. The Hall–Kier alpha value is -2.38. The Morgan fingerprint density at radius 3 is 2.60 bits per heavy atom. The van der Waals surface area contributed by atoms with Gasteiger partial charge in [0, 0.05) is 5.69 Å². The van der Waals surface area contributed by atoms with Gasteiger partial charge in [-0.25, -0.2) is 4.39 Å². The topological polar surface area (TPSA) is 57.8 Å². The van der Waals surface area contributed by atoms with Crippen LogP contribution in [0.2, 0.25) is 0 Å². The fraction of sp³-hybridized carbons (Fsp3) is 0.167. The Bertz CT molecular complexity index is 648. The van der Waals surface area contributed by atoms with Crippen LogP contribution in [-0.2, 0) is 6.18 Å². The van der Waals surface area contributed by atoms with Crippen LogP contribution in [0.3, 0.4) is 0 Å². The summed E-state index contributed by atoms with van der Waals surface area (Å²) < 4.78 is 51.0. The standard InChI is InChI=1S/C12H9F4N3O/c1-6-8(5-17-19-6)11(20)18-10-4-7(12(14,15)16)2-3-9(10)13/h2-5H,1H3,(H,17,19)(H,18,20). The zero-order valence-corrected chi connectivity index (χ0v) is 10.2. The lowest BCUT2D eigenvalue weighted by molar-refractivity contribution is -0.137. The molecule has 2 aromatic rings. The molecule has 0 aliphatic rings. The third-order valence-corrected chi connectivity index (χ3v) is 2.62. The second-order valence-corrected chi connectivity index (χ2v) is 4.06. The number of nitrogens with zero attached hydrogens (tertiary/aromatic N) is 1. The summed E-state index contributed by atoms with van der Waals surface area (Å²) in [6.45, 7) is 1.56. The highest BCUT2D eigenvalue weighted by Gasteiger charge is 2.31. The quantitative estimate of drug-likeness (QED) is 0.834. The molecular weight excluding hydrogens is 278 g/mol. The smallest absolute Gasteiger partial charge is 0.319 e. The summed E-state index contributed by atoms with van der Waals surface area (Å²) >= 11 is 0. The van der Waals surface area contributed by atoms with Crippen molar-refractivity contribution in [2.24, 2.45) is 0 Å². The van der Waals surface area contributed by atoms with E-state index < -0.39 is 29.2 Å². The second-order valence-electron chi connectivity index (χ2n) is 4.06. The number of rotatable bonds is 2. The van der Waals surface area contributed by atoms with Crippen LogP contribution < -0.4 is 5.32 Å². The molecule has 0 atom stereocenters. The average molecular weight is 287 g/mol. The molecule has 20 heavy (non-hydrogen) atoms. The first-order valence-electron chi connectivity index (χ1n) is 5.47. The first kappa shape index (κ1) is 14.0. The van der Waals surface area contributed by atoms with Gasteiger partial charge in [-0.05, 0) is 25.1 Å². The van der Waals surface area contributed by atoms with Gasteiger partial charge in [0.05, 0.1) is 23.0 Å². The maximum atomic E-state index is 13.5. The SMILES string of the molecule is Cc1[nH]ncc1C(=O)Nc1cc(C(F)(F)F)ccc1F. The molecule has 2 rings (SSSR count). The number of carbonyl (C=O) groups excluding carboxylic acids is 1. The van der Waals surface area contributed by atoms with Gasteiger partial charge in [0.1, 0.15) is 5.82 Å². The Morgan fingerprint density at radius 1 is 1.35 bits per heavy atom. The molecule has 1 aromatic carbocycles. The summed E-state index contributed by atoms with van der Waals surface area (Å²) in [6, 6.07) is 1.80. The molecule has 2 N–H and O–H groups in total. The van der Waals surface area contributed by atoms with Crippen LogP contribution in [0.1, 0.15) is 21.6 Å². The number of benzene rings is 1. The fourth-order valence-electron chi connectivity index (χ4n) is 1.57. The van der Waals surface area contributed by atoms with Gasteiger partial charge < -0.3 is 5.32 Å². The zero-order chi connectivity index (χ0) is 14.9. The highest BCUT2D eigenvalue weighted by atomic mass is 19.4. The fourth-order valence-corrected chi connectivity index (χ4v) is 1.57. The normalized spacial score (nSPS) is 11.4. The molecule has 0 aliphatic heterocycles. The molecular formula is C12H9F4N3O. The minimum atomic E-state index is -4.61. The minimum Gasteiger partial charge on any atom is -0.319 e. The lowest BCUT2D eigenvalue weighted by Crippen LogP contribution is -2.15. The van der Waals surface area contributed by atoms with Crippen LogP contribution in [-0.4, -0.2) is 16.1 Å². The molecule has 0 aliphatic carbocycles. The largest absolute Gasteiger partial charge is 0.416 e. The van der Waals surface area contributed by atoms with E-state index in [1.165, 1.54) is 6.20 Å². The molecule has 0 fully saturated rings. The van der Waals surface area contributed by atoms with E-state index >= 15 is 0 Å². The summed E-state index contributed by atoms with van der Waals surface area (Å²) in [5, 5.41) is 8.20. The number of nitrogens with one attached hydrogen (secondary N) is 2. The van der Waals surface area contributed by atoms with Gasteiger partial charge >= 0.3 is 6.18 Å². The van der Waals surface area contributed by atoms with Gasteiger partial charge in [0.25, 0.3) is 5.91 Å². The van der Waals surface area contributed by atoms with Crippen molar-refractivity contribution in [3.63, 3.8) is 0 Å². The van der Waals surface area contributed by atoms with Crippen LogP contribution in [0.5, 0.6) is 0 Å². The van der Waals surface area contributed by atoms with Crippen LogP contribution in [0.15, 0.2) is 24.4 Å². The van der Waals surface area contributed by atoms with Crippen molar-refractivity contribution in [1.82, 2.24) is 10.2 Å². The van der Waals surface area contributed by atoms with Crippen LogP contribution in [0.25, 0.3) is 0 Å². The van der Waals surface area contributed by atoms with Crippen molar-refractivity contribution in [1.29, 1.82) is 0 Å². The second kappa shape index (κ2) is 4.95. The number of hydrogen-bond acceptors (Lipinski definition) is 2. The number of halogens is 4. The summed E-state index contributed by atoms with van der Waals surface area (Å²) in [7, 11) is 0. The number of aryl methyl sites for hydroxylation is 1. The first-order chi connectivity index (χ1) is 9.29. The van der Waals surface area contributed by atoms with E-state index in [1.807, 2.05) is 0 Å². The van der Waals surface area contributed by atoms with E-state index in [9.17, 15) is 22.4 Å². The van der Waals surface area contributed by atoms with Gasteiger partial charge in [0.15, 0.2) is 0 Å². The molecule has 0 saturated carbocycles. The lowest BCUT2D eigenvalue weighted by atomic mass is 10.1.